The average molecular weight is 199 g/mol. The molecule has 0 aromatic carbocycles. The molecule has 1 fully saturated rings. The van der Waals surface area contributed by atoms with Crippen LogP contribution in [0.5, 0.6) is 0 Å². The zero-order chi connectivity index (χ0) is 10.6. The van der Waals surface area contributed by atoms with Crippen molar-refractivity contribution in [2.45, 2.75) is 58.1 Å². The van der Waals surface area contributed by atoms with Crippen LogP contribution in [-0.4, -0.2) is 18.1 Å². The molecule has 1 aliphatic rings. The molecule has 3 nitrogen and oxygen atoms in total. The lowest BCUT2D eigenvalue weighted by Gasteiger charge is -2.22. The predicted octanol–water partition coefficient (Wildman–Crippen LogP) is 1.85. The molecule has 3 heteroatoms. The van der Waals surface area contributed by atoms with Crippen molar-refractivity contribution in [1.82, 2.24) is 0 Å². The van der Waals surface area contributed by atoms with Gasteiger partial charge in [0.15, 0.2) is 0 Å². The smallest absolute Gasteiger partial charge is 0.323 e. The quantitative estimate of drug-likeness (QED) is 0.656. The molecule has 1 rings (SSSR count). The lowest BCUT2D eigenvalue weighted by Crippen LogP contribution is -2.35. The lowest BCUT2D eigenvalue weighted by atomic mass is 9.94. The molecule has 0 unspecified atom stereocenters. The van der Waals surface area contributed by atoms with Crippen molar-refractivity contribution in [3.8, 4) is 0 Å². The van der Waals surface area contributed by atoms with Gasteiger partial charge in [-0.25, -0.2) is 0 Å². The zero-order valence-electron chi connectivity index (χ0n) is 9.16. The molecule has 0 bridgehead atoms. The lowest BCUT2D eigenvalue weighted by molar-refractivity contribution is -0.152. The van der Waals surface area contributed by atoms with Crippen LogP contribution in [0.25, 0.3) is 0 Å². The maximum atomic E-state index is 11.4. The summed E-state index contributed by atoms with van der Waals surface area (Å²) in [5, 5.41) is 0. The second-order valence-corrected chi connectivity index (χ2v) is 4.20. The molecular weight excluding hydrogens is 178 g/mol. The molecule has 0 aliphatic carbocycles. The Balaban J connectivity index is 2.59. The van der Waals surface area contributed by atoms with E-state index in [1.165, 1.54) is 0 Å². The Bertz CT molecular complexity index is 194. The van der Waals surface area contributed by atoms with E-state index in [0.717, 1.165) is 32.1 Å². The number of cyclic esters (lactones) is 1. The summed E-state index contributed by atoms with van der Waals surface area (Å²) in [4.78, 5) is 11.4. The van der Waals surface area contributed by atoms with Crippen molar-refractivity contribution < 1.29 is 9.53 Å². The number of nitrogens with two attached hydrogens (primary N) is 1. The van der Waals surface area contributed by atoms with Gasteiger partial charge in [-0.3, -0.25) is 4.79 Å². The standard InChI is InChI=1S/C11H21NO2/c1-3-9-6-4-5-7-10(12)11(13)14-8(9)2/h8-10H,3-7,12H2,1-2H3/t8-,9+,10-/m0/s1. The SMILES string of the molecule is CC[C@@H]1CCCC[C@H](N)C(=O)O[C@H]1C. The highest BCUT2D eigenvalue weighted by molar-refractivity contribution is 5.75. The monoisotopic (exact) mass is 199 g/mol. The van der Waals surface area contributed by atoms with Gasteiger partial charge in [0, 0.05) is 0 Å². The van der Waals surface area contributed by atoms with E-state index in [-0.39, 0.29) is 12.1 Å². The fourth-order valence-corrected chi connectivity index (χ4v) is 2.03. The highest BCUT2D eigenvalue weighted by Crippen LogP contribution is 2.22. The molecule has 0 saturated carbocycles. The van der Waals surface area contributed by atoms with Crippen LogP contribution in [-0.2, 0) is 9.53 Å². The van der Waals surface area contributed by atoms with Crippen molar-refractivity contribution in [3.63, 3.8) is 0 Å². The van der Waals surface area contributed by atoms with Gasteiger partial charge in [-0.1, -0.05) is 19.8 Å². The van der Waals surface area contributed by atoms with Crippen LogP contribution in [0, 0.1) is 5.92 Å². The second-order valence-electron chi connectivity index (χ2n) is 4.20. The average Bonchev–Trinajstić information content (AvgIpc) is 2.21. The minimum absolute atomic E-state index is 0.0247. The van der Waals surface area contributed by atoms with E-state index in [9.17, 15) is 4.79 Å². The van der Waals surface area contributed by atoms with Crippen LogP contribution in [0.3, 0.4) is 0 Å². The van der Waals surface area contributed by atoms with Gasteiger partial charge in [-0.15, -0.1) is 0 Å². The number of rotatable bonds is 1. The van der Waals surface area contributed by atoms with Crippen LogP contribution in [0.2, 0.25) is 0 Å². The van der Waals surface area contributed by atoms with Gasteiger partial charge in [-0.05, 0) is 32.1 Å². The number of carbonyl (C=O) groups is 1. The van der Waals surface area contributed by atoms with Crippen molar-refractivity contribution in [1.29, 1.82) is 0 Å². The largest absolute Gasteiger partial charge is 0.461 e. The molecule has 0 amide bonds. The number of hydrogen-bond acceptors (Lipinski definition) is 3. The minimum Gasteiger partial charge on any atom is -0.461 e. The molecular formula is C11H21NO2. The highest BCUT2D eigenvalue weighted by atomic mass is 16.5. The first-order valence-corrected chi connectivity index (χ1v) is 5.61. The Labute approximate surface area is 86.0 Å². The van der Waals surface area contributed by atoms with Gasteiger partial charge in [0.05, 0.1) is 0 Å². The van der Waals surface area contributed by atoms with E-state index in [1.54, 1.807) is 0 Å². The minimum atomic E-state index is -0.409. The van der Waals surface area contributed by atoms with Gasteiger partial charge < -0.3 is 10.5 Å². The first kappa shape index (κ1) is 11.5. The third kappa shape index (κ3) is 2.98. The Morgan fingerprint density at radius 3 is 2.71 bits per heavy atom. The summed E-state index contributed by atoms with van der Waals surface area (Å²) in [6.07, 6.45) is 5.22. The van der Waals surface area contributed by atoms with Crippen LogP contribution < -0.4 is 5.73 Å². The van der Waals surface area contributed by atoms with Gasteiger partial charge in [0.2, 0.25) is 0 Å². The maximum Gasteiger partial charge on any atom is 0.323 e. The topological polar surface area (TPSA) is 52.3 Å². The number of hydrogen-bond donors (Lipinski definition) is 1. The number of carbonyl (C=O) groups excluding carboxylic acids is 1. The first-order valence-electron chi connectivity index (χ1n) is 5.61. The number of esters is 1. The molecule has 1 heterocycles. The summed E-state index contributed by atoms with van der Waals surface area (Å²) in [6.45, 7) is 4.12. The molecule has 3 atom stereocenters. The van der Waals surface area contributed by atoms with E-state index in [1.807, 2.05) is 6.92 Å². The summed E-state index contributed by atoms with van der Waals surface area (Å²) in [5.41, 5.74) is 5.69. The Morgan fingerprint density at radius 2 is 2.07 bits per heavy atom. The summed E-state index contributed by atoms with van der Waals surface area (Å²) in [7, 11) is 0. The second kappa shape index (κ2) is 5.35. The third-order valence-corrected chi connectivity index (χ3v) is 3.13. The molecule has 82 valence electrons. The molecule has 0 spiro atoms. The third-order valence-electron chi connectivity index (χ3n) is 3.13. The first-order chi connectivity index (χ1) is 6.65. The van der Waals surface area contributed by atoms with Gasteiger partial charge in [0.25, 0.3) is 0 Å². The van der Waals surface area contributed by atoms with Crippen molar-refractivity contribution in [2.75, 3.05) is 0 Å². The molecule has 14 heavy (non-hydrogen) atoms. The summed E-state index contributed by atoms with van der Waals surface area (Å²) in [6, 6.07) is -0.409. The van der Waals surface area contributed by atoms with E-state index in [4.69, 9.17) is 10.5 Å². The van der Waals surface area contributed by atoms with Crippen LogP contribution in [0.15, 0.2) is 0 Å². The Morgan fingerprint density at radius 1 is 1.43 bits per heavy atom. The molecule has 0 aromatic heterocycles. The van der Waals surface area contributed by atoms with Crippen molar-refractivity contribution in [3.05, 3.63) is 0 Å². The van der Waals surface area contributed by atoms with E-state index >= 15 is 0 Å². The van der Waals surface area contributed by atoms with Crippen LogP contribution >= 0.6 is 0 Å². The summed E-state index contributed by atoms with van der Waals surface area (Å²) in [5.74, 6) is 0.280. The molecule has 0 radical (unpaired) electrons. The van der Waals surface area contributed by atoms with Gasteiger partial charge in [0.1, 0.15) is 12.1 Å². The van der Waals surface area contributed by atoms with Gasteiger partial charge >= 0.3 is 5.97 Å². The normalized spacial score (nSPS) is 35.4. The van der Waals surface area contributed by atoms with Crippen LogP contribution in [0.4, 0.5) is 0 Å². The fraction of sp³-hybridized carbons (Fsp3) is 0.909. The van der Waals surface area contributed by atoms with E-state index in [2.05, 4.69) is 6.92 Å². The molecule has 0 aromatic rings. The summed E-state index contributed by atoms with van der Waals surface area (Å²) >= 11 is 0. The zero-order valence-corrected chi connectivity index (χ0v) is 9.16. The molecule has 1 saturated heterocycles. The molecule has 2 N–H and O–H groups in total. The molecule has 1 aliphatic heterocycles. The van der Waals surface area contributed by atoms with Crippen molar-refractivity contribution >= 4 is 5.97 Å². The Hall–Kier alpha value is -0.570. The van der Waals surface area contributed by atoms with Crippen LogP contribution in [0.1, 0.15) is 46.0 Å². The van der Waals surface area contributed by atoms with E-state index < -0.39 is 6.04 Å². The number of ether oxygens (including phenoxy) is 1. The van der Waals surface area contributed by atoms with Gasteiger partial charge in [-0.2, -0.15) is 0 Å². The maximum absolute atomic E-state index is 11.4. The highest BCUT2D eigenvalue weighted by Gasteiger charge is 2.24. The van der Waals surface area contributed by atoms with Crippen molar-refractivity contribution in [2.24, 2.45) is 11.7 Å². The Kier molecular flexibility index (Phi) is 4.39. The predicted molar refractivity (Wildman–Crippen MR) is 55.8 cm³/mol. The van der Waals surface area contributed by atoms with E-state index in [0.29, 0.717) is 5.92 Å². The summed E-state index contributed by atoms with van der Waals surface area (Å²) < 4.78 is 5.32. The fourth-order valence-electron chi connectivity index (χ4n) is 2.03.